The molecule has 1 unspecified atom stereocenters. The fourth-order valence-corrected chi connectivity index (χ4v) is 2.35. The molecule has 1 aromatic heterocycles. The lowest BCUT2D eigenvalue weighted by atomic mass is 9.98. The molecule has 2 heterocycles. The van der Waals surface area contributed by atoms with Gasteiger partial charge in [-0.2, -0.15) is 4.98 Å². The van der Waals surface area contributed by atoms with Crippen LogP contribution in [0.25, 0.3) is 0 Å². The van der Waals surface area contributed by atoms with Gasteiger partial charge in [0.15, 0.2) is 0 Å². The molecule has 3 rings (SSSR count). The summed E-state index contributed by atoms with van der Waals surface area (Å²) < 4.78 is 0. The number of aromatic amines is 1. The average Bonchev–Trinajstić information content (AvgIpc) is 2.98. The molecule has 94 valence electrons. The smallest absolute Gasteiger partial charge is 0.244 e. The Kier molecular flexibility index (Phi) is 2.66. The van der Waals surface area contributed by atoms with Gasteiger partial charge in [0.1, 0.15) is 5.82 Å². The molecule has 0 amide bonds. The molecule has 0 saturated heterocycles. The highest BCUT2D eigenvalue weighted by Gasteiger charge is 2.23. The van der Waals surface area contributed by atoms with Crippen LogP contribution in [0.5, 0.6) is 0 Å². The van der Waals surface area contributed by atoms with E-state index in [1.807, 2.05) is 19.0 Å². The molecule has 0 saturated carbocycles. The van der Waals surface area contributed by atoms with Crippen molar-refractivity contribution in [2.75, 3.05) is 30.9 Å². The van der Waals surface area contributed by atoms with Gasteiger partial charge in [0.05, 0.1) is 0 Å². The van der Waals surface area contributed by atoms with E-state index < -0.39 is 0 Å². The fourth-order valence-electron chi connectivity index (χ4n) is 2.35. The molecule has 0 radical (unpaired) electrons. The van der Waals surface area contributed by atoms with Crippen molar-refractivity contribution in [3.63, 3.8) is 0 Å². The molecule has 0 fully saturated rings. The van der Waals surface area contributed by atoms with Crippen molar-refractivity contribution in [1.82, 2.24) is 15.2 Å². The lowest BCUT2D eigenvalue weighted by Crippen LogP contribution is -2.10. The Balaban J connectivity index is 1.78. The van der Waals surface area contributed by atoms with Crippen LogP contribution in [-0.4, -0.2) is 35.8 Å². The second-order valence-electron chi connectivity index (χ2n) is 4.85. The molecule has 5 heteroatoms. The van der Waals surface area contributed by atoms with Gasteiger partial charge in [-0.1, -0.05) is 18.2 Å². The molecule has 1 aliphatic rings. The minimum atomic E-state index is 0.476. The predicted octanol–water partition coefficient (Wildman–Crippen LogP) is 1.62. The molecule has 0 bridgehead atoms. The summed E-state index contributed by atoms with van der Waals surface area (Å²) in [6, 6.07) is 8.46. The van der Waals surface area contributed by atoms with Gasteiger partial charge in [-0.3, -0.25) is 5.10 Å². The highest BCUT2D eigenvalue weighted by atomic mass is 15.3. The minimum absolute atomic E-state index is 0.476. The summed E-state index contributed by atoms with van der Waals surface area (Å²) in [4.78, 5) is 6.38. The Labute approximate surface area is 106 Å². The number of hydrogen-bond acceptors (Lipinski definition) is 4. The molecule has 1 aliphatic heterocycles. The zero-order chi connectivity index (χ0) is 12.5. The molecule has 0 aliphatic carbocycles. The van der Waals surface area contributed by atoms with Gasteiger partial charge in [-0.15, -0.1) is 5.10 Å². The first kappa shape index (κ1) is 11.1. The van der Waals surface area contributed by atoms with Gasteiger partial charge in [-0.05, 0) is 11.6 Å². The topological polar surface area (TPSA) is 56.8 Å². The van der Waals surface area contributed by atoms with Crippen LogP contribution in [0.4, 0.5) is 11.6 Å². The summed E-state index contributed by atoms with van der Waals surface area (Å²) in [7, 11) is 3.89. The molecule has 1 aromatic carbocycles. The Bertz CT molecular complexity index is 546. The summed E-state index contributed by atoms with van der Waals surface area (Å²) in [5.74, 6) is 2.16. The first-order valence-corrected chi connectivity index (χ1v) is 6.15. The number of para-hydroxylation sites is 1. The Morgan fingerprint density at radius 3 is 2.94 bits per heavy atom. The summed E-state index contributed by atoms with van der Waals surface area (Å²) in [5, 5.41) is 10.6. The highest BCUT2D eigenvalue weighted by molar-refractivity contribution is 5.57. The van der Waals surface area contributed by atoms with E-state index in [1.165, 1.54) is 11.3 Å². The summed E-state index contributed by atoms with van der Waals surface area (Å²) in [5.41, 5.74) is 2.62. The standard InChI is InChI=1S/C13H17N5/c1-18(2)13-15-12(16-17-13)7-9-8-14-11-6-4-3-5-10(9)11/h3-6,9,14H,7-8H2,1-2H3,(H,15,16,17). The third-order valence-corrected chi connectivity index (χ3v) is 3.30. The molecular formula is C13H17N5. The molecule has 5 nitrogen and oxygen atoms in total. The maximum atomic E-state index is 4.48. The maximum Gasteiger partial charge on any atom is 0.244 e. The molecular weight excluding hydrogens is 226 g/mol. The zero-order valence-electron chi connectivity index (χ0n) is 10.6. The van der Waals surface area contributed by atoms with Crippen LogP contribution in [0.3, 0.4) is 0 Å². The van der Waals surface area contributed by atoms with Crippen LogP contribution in [0, 0.1) is 0 Å². The van der Waals surface area contributed by atoms with E-state index in [9.17, 15) is 0 Å². The number of aromatic nitrogens is 3. The molecule has 1 atom stereocenters. The van der Waals surface area contributed by atoms with Crippen molar-refractivity contribution < 1.29 is 0 Å². The minimum Gasteiger partial charge on any atom is -0.384 e. The number of nitrogens with zero attached hydrogens (tertiary/aromatic N) is 3. The van der Waals surface area contributed by atoms with E-state index >= 15 is 0 Å². The van der Waals surface area contributed by atoms with Crippen molar-refractivity contribution >= 4 is 11.6 Å². The van der Waals surface area contributed by atoms with E-state index in [1.54, 1.807) is 0 Å². The van der Waals surface area contributed by atoms with Crippen molar-refractivity contribution in [1.29, 1.82) is 0 Å². The van der Waals surface area contributed by atoms with Gasteiger partial charge in [-0.25, -0.2) is 0 Å². The first-order valence-electron chi connectivity index (χ1n) is 6.15. The van der Waals surface area contributed by atoms with E-state index in [-0.39, 0.29) is 0 Å². The van der Waals surface area contributed by atoms with Gasteiger partial charge >= 0.3 is 0 Å². The number of benzene rings is 1. The monoisotopic (exact) mass is 243 g/mol. The number of nitrogens with one attached hydrogen (secondary N) is 2. The second kappa shape index (κ2) is 4.33. The molecule has 2 N–H and O–H groups in total. The summed E-state index contributed by atoms with van der Waals surface area (Å²) >= 11 is 0. The van der Waals surface area contributed by atoms with Crippen LogP contribution >= 0.6 is 0 Å². The normalized spacial score (nSPS) is 17.3. The van der Waals surface area contributed by atoms with E-state index in [0.29, 0.717) is 5.92 Å². The van der Waals surface area contributed by atoms with E-state index in [2.05, 4.69) is 44.8 Å². The van der Waals surface area contributed by atoms with Crippen LogP contribution in [-0.2, 0) is 6.42 Å². The van der Waals surface area contributed by atoms with Crippen LogP contribution in [0.2, 0.25) is 0 Å². The fraction of sp³-hybridized carbons (Fsp3) is 0.385. The SMILES string of the molecule is CN(C)c1n[nH]c(CC2CNc3ccccc32)n1. The van der Waals surface area contributed by atoms with Gasteiger partial charge < -0.3 is 10.2 Å². The Morgan fingerprint density at radius 2 is 2.17 bits per heavy atom. The third-order valence-electron chi connectivity index (χ3n) is 3.30. The van der Waals surface area contributed by atoms with Crippen molar-refractivity contribution in [2.24, 2.45) is 0 Å². The van der Waals surface area contributed by atoms with Gasteiger partial charge in [0.2, 0.25) is 5.95 Å². The summed E-state index contributed by atoms with van der Waals surface area (Å²) in [6.07, 6.45) is 0.894. The zero-order valence-corrected chi connectivity index (χ0v) is 10.6. The largest absolute Gasteiger partial charge is 0.384 e. The van der Waals surface area contributed by atoms with Crippen LogP contribution < -0.4 is 10.2 Å². The first-order chi connectivity index (χ1) is 8.74. The number of H-pyrrole nitrogens is 1. The van der Waals surface area contributed by atoms with Crippen molar-refractivity contribution in [2.45, 2.75) is 12.3 Å². The predicted molar refractivity (Wildman–Crippen MR) is 72.1 cm³/mol. The van der Waals surface area contributed by atoms with E-state index in [0.717, 1.165) is 24.7 Å². The quantitative estimate of drug-likeness (QED) is 0.860. The molecule has 18 heavy (non-hydrogen) atoms. The summed E-state index contributed by atoms with van der Waals surface area (Å²) in [6.45, 7) is 0.970. The van der Waals surface area contributed by atoms with Crippen LogP contribution in [0.1, 0.15) is 17.3 Å². The second-order valence-corrected chi connectivity index (χ2v) is 4.85. The highest BCUT2D eigenvalue weighted by Crippen LogP contribution is 2.32. The Morgan fingerprint density at radius 1 is 1.33 bits per heavy atom. The third kappa shape index (κ3) is 1.92. The van der Waals surface area contributed by atoms with Gasteiger partial charge in [0, 0.05) is 38.7 Å². The Hall–Kier alpha value is -2.04. The van der Waals surface area contributed by atoms with Crippen molar-refractivity contribution in [3.8, 4) is 0 Å². The van der Waals surface area contributed by atoms with E-state index in [4.69, 9.17) is 0 Å². The number of rotatable bonds is 3. The molecule has 0 spiro atoms. The maximum absolute atomic E-state index is 4.48. The van der Waals surface area contributed by atoms with Crippen molar-refractivity contribution in [3.05, 3.63) is 35.7 Å². The number of hydrogen-bond donors (Lipinski definition) is 2. The van der Waals surface area contributed by atoms with Gasteiger partial charge in [0.25, 0.3) is 0 Å². The molecule has 2 aromatic rings. The number of anilines is 2. The van der Waals surface area contributed by atoms with Crippen LogP contribution in [0.15, 0.2) is 24.3 Å². The lowest BCUT2D eigenvalue weighted by molar-refractivity contribution is 0.715. The average molecular weight is 243 g/mol. The number of fused-ring (bicyclic) bond motifs is 1. The lowest BCUT2D eigenvalue weighted by Gasteiger charge is -2.07.